The standard InChI is InChI=1S/C7H8NO/c1-6-4-3-5-7(9)8(6)2/h3-4H,1-2H3. The average Bonchev–Trinajstić information content (AvgIpc) is 1.83. The molecular formula is C7H8NO. The summed E-state index contributed by atoms with van der Waals surface area (Å²) in [6, 6.07) is 6.03. The molecule has 0 N–H and O–H groups in total. The molecule has 47 valence electrons. The van der Waals surface area contributed by atoms with E-state index in [1.54, 1.807) is 17.7 Å². The minimum Gasteiger partial charge on any atom is -0.315 e. The van der Waals surface area contributed by atoms with Gasteiger partial charge < -0.3 is 4.57 Å². The molecule has 0 atom stereocenters. The van der Waals surface area contributed by atoms with Crippen molar-refractivity contribution in [3.8, 4) is 0 Å². The predicted octanol–water partition coefficient (Wildman–Crippen LogP) is 0.494. The Morgan fingerprint density at radius 2 is 2.33 bits per heavy atom. The Kier molecular flexibility index (Phi) is 1.39. The zero-order valence-electron chi connectivity index (χ0n) is 5.51. The van der Waals surface area contributed by atoms with E-state index in [4.69, 9.17) is 0 Å². The quantitative estimate of drug-likeness (QED) is 0.491. The van der Waals surface area contributed by atoms with Crippen LogP contribution < -0.4 is 5.56 Å². The molecule has 1 aromatic rings. The summed E-state index contributed by atoms with van der Waals surface area (Å²) in [7, 11) is 1.73. The Morgan fingerprint density at radius 1 is 1.67 bits per heavy atom. The van der Waals surface area contributed by atoms with E-state index in [-0.39, 0.29) is 5.56 Å². The van der Waals surface area contributed by atoms with Crippen LogP contribution in [0.3, 0.4) is 0 Å². The highest BCUT2D eigenvalue weighted by Gasteiger charge is 1.89. The summed E-state index contributed by atoms with van der Waals surface area (Å²) in [6.45, 7) is 1.88. The minimum absolute atomic E-state index is 0.0741. The molecule has 0 aliphatic carbocycles. The maximum Gasteiger partial charge on any atom is 0.258 e. The van der Waals surface area contributed by atoms with Gasteiger partial charge in [0.15, 0.2) is 0 Å². The van der Waals surface area contributed by atoms with E-state index in [1.807, 2.05) is 13.0 Å². The molecule has 0 spiro atoms. The third-order valence-electron chi connectivity index (χ3n) is 1.37. The second kappa shape index (κ2) is 2.05. The molecule has 2 heteroatoms. The van der Waals surface area contributed by atoms with E-state index >= 15 is 0 Å². The monoisotopic (exact) mass is 122 g/mol. The van der Waals surface area contributed by atoms with Gasteiger partial charge in [-0.25, -0.2) is 0 Å². The number of aryl methyl sites for hydroxylation is 1. The topological polar surface area (TPSA) is 22.0 Å². The Morgan fingerprint density at radius 3 is 2.78 bits per heavy atom. The number of aromatic nitrogens is 1. The predicted molar refractivity (Wildman–Crippen MR) is 35.3 cm³/mol. The summed E-state index contributed by atoms with van der Waals surface area (Å²) < 4.78 is 1.56. The van der Waals surface area contributed by atoms with Gasteiger partial charge >= 0.3 is 0 Å². The lowest BCUT2D eigenvalue weighted by Gasteiger charge is -1.97. The maximum absolute atomic E-state index is 10.7. The first kappa shape index (κ1) is 6.08. The van der Waals surface area contributed by atoms with Gasteiger partial charge in [-0.2, -0.15) is 0 Å². The Hall–Kier alpha value is -1.05. The Labute approximate surface area is 53.8 Å². The van der Waals surface area contributed by atoms with Crippen molar-refractivity contribution in [2.75, 3.05) is 0 Å². The van der Waals surface area contributed by atoms with Crippen molar-refractivity contribution >= 4 is 0 Å². The first-order chi connectivity index (χ1) is 4.22. The average molecular weight is 122 g/mol. The largest absolute Gasteiger partial charge is 0.315 e. The molecule has 0 aliphatic rings. The molecule has 1 rings (SSSR count). The molecule has 1 radical (unpaired) electrons. The number of pyridine rings is 1. The summed E-state index contributed by atoms with van der Waals surface area (Å²) in [6.07, 6.45) is 0. The van der Waals surface area contributed by atoms with Crippen LogP contribution in [0, 0.1) is 13.0 Å². The van der Waals surface area contributed by atoms with Gasteiger partial charge in [-0.3, -0.25) is 4.79 Å². The number of nitrogens with zero attached hydrogens (tertiary/aromatic N) is 1. The van der Waals surface area contributed by atoms with E-state index < -0.39 is 0 Å². The minimum atomic E-state index is -0.0741. The molecule has 1 aromatic heterocycles. The summed E-state index contributed by atoms with van der Waals surface area (Å²) in [5, 5.41) is 0. The second-order valence-corrected chi connectivity index (χ2v) is 1.98. The lowest BCUT2D eigenvalue weighted by atomic mass is 10.4. The van der Waals surface area contributed by atoms with Crippen LogP contribution in [0.15, 0.2) is 16.9 Å². The van der Waals surface area contributed by atoms with Crippen LogP contribution in [0.25, 0.3) is 0 Å². The van der Waals surface area contributed by atoms with Gasteiger partial charge in [0.05, 0.1) is 6.07 Å². The fraction of sp³-hybridized carbons (Fsp3) is 0.286. The van der Waals surface area contributed by atoms with Crippen LogP contribution in [0.5, 0.6) is 0 Å². The van der Waals surface area contributed by atoms with Crippen LogP contribution in [0.2, 0.25) is 0 Å². The molecule has 0 saturated heterocycles. The maximum atomic E-state index is 10.7. The van der Waals surface area contributed by atoms with Crippen molar-refractivity contribution in [1.29, 1.82) is 0 Å². The molecule has 0 fully saturated rings. The van der Waals surface area contributed by atoms with Gasteiger partial charge in [-0.15, -0.1) is 0 Å². The van der Waals surface area contributed by atoms with E-state index in [1.165, 1.54) is 0 Å². The lowest BCUT2D eigenvalue weighted by Crippen LogP contribution is -2.16. The fourth-order valence-electron chi connectivity index (χ4n) is 0.602. The van der Waals surface area contributed by atoms with Crippen LogP contribution in [-0.4, -0.2) is 4.57 Å². The molecule has 9 heavy (non-hydrogen) atoms. The normalized spacial score (nSPS) is 9.56. The van der Waals surface area contributed by atoms with Crippen LogP contribution in [-0.2, 0) is 7.05 Å². The zero-order chi connectivity index (χ0) is 6.85. The number of rotatable bonds is 0. The third kappa shape index (κ3) is 1.02. The van der Waals surface area contributed by atoms with Crippen molar-refractivity contribution in [3.05, 3.63) is 34.2 Å². The van der Waals surface area contributed by atoms with Crippen LogP contribution in [0.4, 0.5) is 0 Å². The molecular weight excluding hydrogens is 114 g/mol. The highest BCUT2D eigenvalue weighted by molar-refractivity contribution is 5.02. The first-order valence-corrected chi connectivity index (χ1v) is 2.76. The zero-order valence-corrected chi connectivity index (χ0v) is 5.51. The van der Waals surface area contributed by atoms with Crippen LogP contribution in [0.1, 0.15) is 5.69 Å². The Balaban J connectivity index is 3.43. The van der Waals surface area contributed by atoms with Gasteiger partial charge in [-0.1, -0.05) is 0 Å². The molecule has 0 unspecified atom stereocenters. The molecule has 0 aromatic carbocycles. The summed E-state index contributed by atoms with van der Waals surface area (Å²) in [5.74, 6) is 0. The Bertz CT molecular complexity index is 262. The van der Waals surface area contributed by atoms with Gasteiger partial charge in [0.2, 0.25) is 0 Å². The van der Waals surface area contributed by atoms with E-state index in [9.17, 15) is 4.79 Å². The summed E-state index contributed by atoms with van der Waals surface area (Å²) in [5.41, 5.74) is 0.883. The smallest absolute Gasteiger partial charge is 0.258 e. The summed E-state index contributed by atoms with van der Waals surface area (Å²) in [4.78, 5) is 10.7. The fourth-order valence-corrected chi connectivity index (χ4v) is 0.602. The molecule has 0 aliphatic heterocycles. The summed E-state index contributed by atoms with van der Waals surface area (Å²) >= 11 is 0. The number of hydrogen-bond donors (Lipinski definition) is 0. The van der Waals surface area contributed by atoms with E-state index in [2.05, 4.69) is 6.07 Å². The molecule has 0 amide bonds. The van der Waals surface area contributed by atoms with Gasteiger partial charge in [0, 0.05) is 12.7 Å². The van der Waals surface area contributed by atoms with Crippen molar-refractivity contribution in [3.63, 3.8) is 0 Å². The van der Waals surface area contributed by atoms with E-state index in [0.29, 0.717) is 0 Å². The highest BCUT2D eigenvalue weighted by atomic mass is 16.1. The second-order valence-electron chi connectivity index (χ2n) is 1.98. The van der Waals surface area contributed by atoms with Crippen molar-refractivity contribution < 1.29 is 0 Å². The van der Waals surface area contributed by atoms with Crippen LogP contribution >= 0.6 is 0 Å². The first-order valence-electron chi connectivity index (χ1n) is 2.76. The van der Waals surface area contributed by atoms with Gasteiger partial charge in [-0.05, 0) is 19.1 Å². The van der Waals surface area contributed by atoms with Crippen molar-refractivity contribution in [2.24, 2.45) is 7.05 Å². The van der Waals surface area contributed by atoms with Crippen molar-refractivity contribution in [1.82, 2.24) is 4.57 Å². The highest BCUT2D eigenvalue weighted by Crippen LogP contribution is 1.86. The molecule has 1 heterocycles. The third-order valence-corrected chi connectivity index (χ3v) is 1.37. The SMILES string of the molecule is Cc1cc[c]c(=O)n1C. The molecule has 0 bridgehead atoms. The number of hydrogen-bond acceptors (Lipinski definition) is 1. The van der Waals surface area contributed by atoms with E-state index in [0.717, 1.165) is 5.69 Å². The van der Waals surface area contributed by atoms with Gasteiger partial charge in [0.1, 0.15) is 0 Å². The molecule has 0 saturated carbocycles. The lowest BCUT2D eigenvalue weighted by molar-refractivity contribution is 0.816. The van der Waals surface area contributed by atoms with Crippen molar-refractivity contribution in [2.45, 2.75) is 6.92 Å². The van der Waals surface area contributed by atoms with Gasteiger partial charge in [0.25, 0.3) is 5.56 Å². The molecule has 2 nitrogen and oxygen atoms in total.